The first-order valence-electron chi connectivity index (χ1n) is 11.6. The number of ether oxygens (including phenoxy) is 1. The monoisotopic (exact) mass is 446 g/mol. The third kappa shape index (κ3) is 6.28. The molecule has 0 saturated carbocycles. The average Bonchev–Trinajstić information content (AvgIpc) is 2.84. The van der Waals surface area contributed by atoms with Crippen LogP contribution < -0.4 is 10.6 Å². The zero-order valence-electron chi connectivity index (χ0n) is 19.0. The molecular formula is C28H31FN2O2. The van der Waals surface area contributed by atoms with E-state index in [0.717, 1.165) is 17.7 Å². The van der Waals surface area contributed by atoms with Crippen LogP contribution in [0.15, 0.2) is 78.9 Å². The van der Waals surface area contributed by atoms with Crippen LogP contribution in [0.25, 0.3) is 0 Å². The van der Waals surface area contributed by atoms with E-state index in [0.29, 0.717) is 36.7 Å². The molecule has 0 radical (unpaired) electrons. The van der Waals surface area contributed by atoms with E-state index < -0.39 is 0 Å². The highest BCUT2D eigenvalue weighted by Gasteiger charge is 2.21. The van der Waals surface area contributed by atoms with E-state index in [1.807, 2.05) is 60.7 Å². The molecule has 5 heteroatoms. The zero-order valence-corrected chi connectivity index (χ0v) is 19.0. The molecule has 4 nitrogen and oxygen atoms in total. The molecule has 0 aromatic heterocycles. The largest absolute Gasteiger partial charge is 0.375 e. The number of nitrogens with one attached hydrogen (secondary N) is 2. The van der Waals surface area contributed by atoms with Crippen molar-refractivity contribution in [1.29, 1.82) is 0 Å². The van der Waals surface area contributed by atoms with Gasteiger partial charge in [0.15, 0.2) is 0 Å². The Morgan fingerprint density at radius 3 is 2.30 bits per heavy atom. The number of anilines is 1. The molecule has 0 spiro atoms. The summed E-state index contributed by atoms with van der Waals surface area (Å²) in [5.41, 5.74) is 3.23. The second kappa shape index (κ2) is 11.2. The van der Waals surface area contributed by atoms with Gasteiger partial charge in [0.1, 0.15) is 5.82 Å². The standard InChI is InChI=1S/C28H31FN2O2/c1-20-19-33-23(18-30-20)15-16-24-26(29)13-8-14-27(24)31-28(32)17-25(21-9-4-2-5-10-21)22-11-6-3-7-12-22/h2-14,20,23,25,30H,15-19H2,1H3,(H,31,32)/t20-,23+/m0/s1. The molecular weight excluding hydrogens is 415 g/mol. The maximum absolute atomic E-state index is 14.7. The SMILES string of the molecule is C[C@H]1CO[C@H](CCc2c(F)cccc2NC(=O)CC(c2ccccc2)c2ccccc2)CN1. The van der Waals surface area contributed by atoms with Crippen LogP contribution in [0.3, 0.4) is 0 Å². The van der Waals surface area contributed by atoms with E-state index in [4.69, 9.17) is 4.74 Å². The van der Waals surface area contributed by atoms with Crippen LogP contribution in [0.4, 0.5) is 10.1 Å². The minimum atomic E-state index is -0.299. The lowest BCUT2D eigenvalue weighted by Gasteiger charge is -2.28. The highest BCUT2D eigenvalue weighted by molar-refractivity contribution is 5.92. The third-order valence-electron chi connectivity index (χ3n) is 6.18. The van der Waals surface area contributed by atoms with Crippen LogP contribution in [0.2, 0.25) is 0 Å². The number of halogens is 1. The number of rotatable bonds is 8. The number of morpholine rings is 1. The van der Waals surface area contributed by atoms with Crippen LogP contribution in [-0.4, -0.2) is 31.2 Å². The Hall–Kier alpha value is -3.02. The highest BCUT2D eigenvalue weighted by Crippen LogP contribution is 2.29. The van der Waals surface area contributed by atoms with Crippen molar-refractivity contribution in [1.82, 2.24) is 5.32 Å². The Labute approximate surface area is 195 Å². The maximum atomic E-state index is 14.7. The first-order chi connectivity index (χ1) is 16.1. The Kier molecular flexibility index (Phi) is 7.87. The van der Waals surface area contributed by atoms with Crippen molar-refractivity contribution in [2.24, 2.45) is 0 Å². The number of hydrogen-bond acceptors (Lipinski definition) is 3. The Balaban J connectivity index is 1.46. The van der Waals surface area contributed by atoms with Crippen molar-refractivity contribution in [3.05, 3.63) is 101 Å². The van der Waals surface area contributed by atoms with Crippen molar-refractivity contribution >= 4 is 11.6 Å². The fourth-order valence-electron chi connectivity index (χ4n) is 4.34. The van der Waals surface area contributed by atoms with Gasteiger partial charge >= 0.3 is 0 Å². The Morgan fingerprint density at radius 2 is 1.70 bits per heavy atom. The summed E-state index contributed by atoms with van der Waals surface area (Å²) in [6, 6.07) is 25.2. The Morgan fingerprint density at radius 1 is 1.03 bits per heavy atom. The molecule has 2 atom stereocenters. The molecule has 0 bridgehead atoms. The first kappa shape index (κ1) is 23.1. The van der Waals surface area contributed by atoms with Gasteiger partial charge in [0.2, 0.25) is 5.91 Å². The van der Waals surface area contributed by atoms with Crippen LogP contribution in [0.5, 0.6) is 0 Å². The average molecular weight is 447 g/mol. The van der Waals surface area contributed by atoms with Crippen LogP contribution >= 0.6 is 0 Å². The molecule has 3 aromatic rings. The summed E-state index contributed by atoms with van der Waals surface area (Å²) >= 11 is 0. The number of amides is 1. The molecule has 0 aliphatic carbocycles. The molecule has 0 unspecified atom stereocenters. The van der Waals surface area contributed by atoms with Crippen LogP contribution in [0, 0.1) is 5.82 Å². The molecule has 172 valence electrons. The van der Waals surface area contributed by atoms with Crippen molar-refractivity contribution < 1.29 is 13.9 Å². The first-order valence-corrected chi connectivity index (χ1v) is 11.6. The fraction of sp³-hybridized carbons (Fsp3) is 0.321. The van der Waals surface area contributed by atoms with Gasteiger partial charge in [-0.1, -0.05) is 66.7 Å². The van der Waals surface area contributed by atoms with E-state index in [9.17, 15) is 9.18 Å². The summed E-state index contributed by atoms with van der Waals surface area (Å²) in [5, 5.41) is 6.37. The van der Waals surface area contributed by atoms with Crippen molar-refractivity contribution in [2.45, 2.75) is 44.2 Å². The molecule has 1 saturated heterocycles. The topological polar surface area (TPSA) is 50.4 Å². The molecule has 3 aromatic carbocycles. The fourth-order valence-corrected chi connectivity index (χ4v) is 4.34. The maximum Gasteiger partial charge on any atom is 0.225 e. The van der Waals surface area contributed by atoms with Gasteiger partial charge in [-0.2, -0.15) is 0 Å². The van der Waals surface area contributed by atoms with Crippen LogP contribution in [0.1, 0.15) is 42.4 Å². The third-order valence-corrected chi connectivity index (χ3v) is 6.18. The van der Waals surface area contributed by atoms with Crippen molar-refractivity contribution in [3.63, 3.8) is 0 Å². The zero-order chi connectivity index (χ0) is 23.0. The molecule has 1 fully saturated rings. The van der Waals surface area contributed by atoms with Gasteiger partial charge in [0.25, 0.3) is 0 Å². The van der Waals surface area contributed by atoms with E-state index in [1.54, 1.807) is 12.1 Å². The lowest BCUT2D eigenvalue weighted by atomic mass is 9.88. The van der Waals surface area contributed by atoms with Gasteiger partial charge in [0, 0.05) is 36.2 Å². The summed E-state index contributed by atoms with van der Waals surface area (Å²) < 4.78 is 20.6. The minimum absolute atomic E-state index is 0.0462. The normalized spacial score (nSPS) is 18.3. The second-order valence-corrected chi connectivity index (χ2v) is 8.70. The predicted octanol–water partition coefficient (Wildman–Crippen LogP) is 5.30. The minimum Gasteiger partial charge on any atom is -0.375 e. The smallest absolute Gasteiger partial charge is 0.225 e. The van der Waals surface area contributed by atoms with Gasteiger partial charge in [-0.15, -0.1) is 0 Å². The summed E-state index contributed by atoms with van der Waals surface area (Å²) in [4.78, 5) is 13.1. The van der Waals surface area contributed by atoms with E-state index in [-0.39, 0.29) is 30.2 Å². The van der Waals surface area contributed by atoms with Crippen LogP contribution in [-0.2, 0) is 16.0 Å². The van der Waals surface area contributed by atoms with Gasteiger partial charge < -0.3 is 15.4 Å². The molecule has 1 aliphatic rings. The highest BCUT2D eigenvalue weighted by atomic mass is 19.1. The van der Waals surface area contributed by atoms with Gasteiger partial charge in [0.05, 0.1) is 12.7 Å². The number of carbonyl (C=O) groups excluding carboxylic acids is 1. The predicted molar refractivity (Wildman–Crippen MR) is 130 cm³/mol. The van der Waals surface area contributed by atoms with Crippen molar-refractivity contribution in [2.75, 3.05) is 18.5 Å². The second-order valence-electron chi connectivity index (χ2n) is 8.70. The molecule has 1 heterocycles. The van der Waals surface area contributed by atoms with E-state index in [2.05, 4.69) is 17.6 Å². The lowest BCUT2D eigenvalue weighted by Crippen LogP contribution is -2.44. The molecule has 4 rings (SSSR count). The Bertz CT molecular complexity index is 995. The van der Waals surface area contributed by atoms with E-state index >= 15 is 0 Å². The lowest BCUT2D eigenvalue weighted by molar-refractivity contribution is -0.116. The van der Waals surface area contributed by atoms with E-state index in [1.165, 1.54) is 6.07 Å². The number of carbonyl (C=O) groups is 1. The molecule has 33 heavy (non-hydrogen) atoms. The summed E-state index contributed by atoms with van der Waals surface area (Å²) in [6.07, 6.45) is 1.52. The number of hydrogen-bond donors (Lipinski definition) is 2. The quantitative estimate of drug-likeness (QED) is 0.494. The van der Waals surface area contributed by atoms with Gasteiger partial charge in [-0.25, -0.2) is 4.39 Å². The van der Waals surface area contributed by atoms with Crippen molar-refractivity contribution in [3.8, 4) is 0 Å². The molecule has 1 amide bonds. The van der Waals surface area contributed by atoms with Gasteiger partial charge in [-0.05, 0) is 43.0 Å². The molecule has 2 N–H and O–H groups in total. The van der Waals surface area contributed by atoms with Gasteiger partial charge in [-0.3, -0.25) is 4.79 Å². The number of benzene rings is 3. The summed E-state index contributed by atoms with van der Waals surface area (Å²) in [5.74, 6) is -0.510. The summed E-state index contributed by atoms with van der Waals surface area (Å²) in [6.45, 7) is 3.50. The summed E-state index contributed by atoms with van der Waals surface area (Å²) in [7, 11) is 0. The molecule has 1 aliphatic heterocycles.